The minimum absolute atomic E-state index is 0.114. The lowest BCUT2D eigenvalue weighted by molar-refractivity contribution is -0.120. The Morgan fingerprint density at radius 2 is 2.26 bits per heavy atom. The Kier molecular flexibility index (Phi) is 6.29. The first-order valence-corrected chi connectivity index (χ1v) is 6.34. The molecule has 0 heterocycles. The zero-order valence-electron chi connectivity index (χ0n) is 11.3. The van der Waals surface area contributed by atoms with E-state index in [1.165, 1.54) is 19.2 Å². The molecule has 106 valence electrons. The lowest BCUT2D eigenvalue weighted by Crippen LogP contribution is -2.28. The van der Waals surface area contributed by atoms with Gasteiger partial charge in [-0.3, -0.25) is 4.79 Å². The summed E-state index contributed by atoms with van der Waals surface area (Å²) in [6.45, 7) is 2.30. The average Bonchev–Trinajstić information content (AvgIpc) is 2.38. The Morgan fingerprint density at radius 1 is 1.53 bits per heavy atom. The summed E-state index contributed by atoms with van der Waals surface area (Å²) in [7, 11) is 1.39. The third kappa shape index (κ3) is 5.26. The van der Waals surface area contributed by atoms with E-state index in [2.05, 4.69) is 5.32 Å². The second-order valence-corrected chi connectivity index (χ2v) is 4.35. The molecule has 0 aliphatic rings. The highest BCUT2D eigenvalue weighted by Gasteiger charge is 2.08. The number of amides is 1. The van der Waals surface area contributed by atoms with Gasteiger partial charge in [0, 0.05) is 6.54 Å². The smallest absolute Gasteiger partial charge is 0.224 e. The topological polar surface area (TPSA) is 58.6 Å². The second kappa shape index (κ2) is 7.74. The van der Waals surface area contributed by atoms with Crippen LogP contribution >= 0.6 is 0 Å². The van der Waals surface area contributed by atoms with Crippen LogP contribution in [0.2, 0.25) is 0 Å². The summed E-state index contributed by atoms with van der Waals surface area (Å²) in [5.74, 6) is -0.502. The van der Waals surface area contributed by atoms with Crippen molar-refractivity contribution in [2.24, 2.45) is 0 Å². The molecular weight excluding hydrogens is 249 g/mol. The number of hydrogen-bond donors (Lipinski definition) is 2. The van der Waals surface area contributed by atoms with Gasteiger partial charge in [-0.05, 0) is 30.5 Å². The van der Waals surface area contributed by atoms with Gasteiger partial charge in [0.25, 0.3) is 0 Å². The van der Waals surface area contributed by atoms with Crippen molar-refractivity contribution in [2.75, 3.05) is 13.7 Å². The lowest BCUT2D eigenvalue weighted by Gasteiger charge is -2.09. The zero-order chi connectivity index (χ0) is 14.3. The van der Waals surface area contributed by atoms with Crippen LogP contribution in [0, 0.1) is 5.82 Å². The Morgan fingerprint density at radius 3 is 2.84 bits per heavy atom. The molecule has 1 aromatic carbocycles. The van der Waals surface area contributed by atoms with Crippen molar-refractivity contribution in [3.8, 4) is 5.75 Å². The number of carbonyl (C=O) groups is 1. The first-order chi connectivity index (χ1) is 9.06. The van der Waals surface area contributed by atoms with Crippen LogP contribution in [0.25, 0.3) is 0 Å². The van der Waals surface area contributed by atoms with Gasteiger partial charge in [-0.1, -0.05) is 13.0 Å². The highest BCUT2D eigenvalue weighted by molar-refractivity contribution is 5.78. The van der Waals surface area contributed by atoms with Crippen LogP contribution in [-0.2, 0) is 11.2 Å². The number of carbonyl (C=O) groups excluding carboxylic acids is 1. The molecule has 0 radical (unpaired) electrons. The molecule has 1 amide bonds. The van der Waals surface area contributed by atoms with E-state index in [0.717, 1.165) is 0 Å². The standard InChI is InChI=1S/C14H20FNO3/c1-3-11(17)6-7-16-14(18)9-10-4-5-13(19-2)12(15)8-10/h4-5,8,11,17H,3,6-7,9H2,1-2H3,(H,16,18). The number of nitrogens with one attached hydrogen (secondary N) is 1. The van der Waals surface area contributed by atoms with E-state index in [0.29, 0.717) is 24.9 Å². The number of hydrogen-bond acceptors (Lipinski definition) is 3. The van der Waals surface area contributed by atoms with Crippen LogP contribution in [0.5, 0.6) is 5.75 Å². The molecule has 0 saturated heterocycles. The summed E-state index contributed by atoms with van der Waals surface area (Å²) in [4.78, 5) is 11.6. The molecule has 1 unspecified atom stereocenters. The quantitative estimate of drug-likeness (QED) is 0.791. The molecule has 0 aliphatic heterocycles. The molecule has 0 aliphatic carbocycles. The molecule has 5 heteroatoms. The number of ether oxygens (including phenoxy) is 1. The lowest BCUT2D eigenvalue weighted by atomic mass is 10.1. The second-order valence-electron chi connectivity index (χ2n) is 4.35. The summed E-state index contributed by atoms with van der Waals surface area (Å²) in [6.07, 6.45) is 0.917. The van der Waals surface area contributed by atoms with E-state index in [9.17, 15) is 14.3 Å². The summed E-state index contributed by atoms with van der Waals surface area (Å²) in [6, 6.07) is 4.44. The van der Waals surface area contributed by atoms with Crippen molar-refractivity contribution < 1.29 is 19.0 Å². The fraction of sp³-hybridized carbons (Fsp3) is 0.500. The minimum Gasteiger partial charge on any atom is -0.494 e. The van der Waals surface area contributed by atoms with Gasteiger partial charge in [0.1, 0.15) is 0 Å². The molecule has 1 rings (SSSR count). The fourth-order valence-corrected chi connectivity index (χ4v) is 1.65. The Labute approximate surface area is 112 Å². The number of aliphatic hydroxyl groups is 1. The van der Waals surface area contributed by atoms with Gasteiger partial charge >= 0.3 is 0 Å². The Bertz CT molecular complexity index is 423. The van der Waals surface area contributed by atoms with Crippen molar-refractivity contribution in [2.45, 2.75) is 32.3 Å². The summed E-state index contributed by atoms with van der Waals surface area (Å²) < 4.78 is 18.2. The number of methoxy groups -OCH3 is 1. The van der Waals surface area contributed by atoms with Crippen molar-refractivity contribution in [3.05, 3.63) is 29.6 Å². The first-order valence-electron chi connectivity index (χ1n) is 6.34. The predicted molar refractivity (Wildman–Crippen MR) is 70.6 cm³/mol. The number of benzene rings is 1. The summed E-state index contributed by atoms with van der Waals surface area (Å²) >= 11 is 0. The van der Waals surface area contributed by atoms with E-state index in [1.807, 2.05) is 6.92 Å². The molecule has 0 bridgehead atoms. The minimum atomic E-state index is -0.478. The van der Waals surface area contributed by atoms with Crippen LogP contribution in [0.4, 0.5) is 4.39 Å². The van der Waals surface area contributed by atoms with Crippen molar-refractivity contribution in [1.29, 1.82) is 0 Å². The summed E-state index contributed by atoms with van der Waals surface area (Å²) in [5.41, 5.74) is 0.590. The van der Waals surface area contributed by atoms with Gasteiger partial charge in [0.15, 0.2) is 11.6 Å². The summed E-state index contributed by atoms with van der Waals surface area (Å²) in [5, 5.41) is 12.0. The molecule has 1 aromatic rings. The van der Waals surface area contributed by atoms with Crippen molar-refractivity contribution in [1.82, 2.24) is 5.32 Å². The van der Waals surface area contributed by atoms with Gasteiger partial charge < -0.3 is 15.2 Å². The highest BCUT2D eigenvalue weighted by Crippen LogP contribution is 2.17. The maximum Gasteiger partial charge on any atom is 0.224 e. The molecule has 0 saturated carbocycles. The monoisotopic (exact) mass is 269 g/mol. The SMILES string of the molecule is CCC(O)CCNC(=O)Cc1ccc(OC)c(F)c1. The van der Waals surface area contributed by atoms with Gasteiger partial charge in [-0.25, -0.2) is 4.39 Å². The number of aliphatic hydroxyl groups excluding tert-OH is 1. The molecule has 0 aromatic heterocycles. The third-order valence-electron chi connectivity index (χ3n) is 2.85. The molecule has 2 N–H and O–H groups in total. The Balaban J connectivity index is 2.42. The maximum absolute atomic E-state index is 13.4. The van der Waals surface area contributed by atoms with E-state index >= 15 is 0 Å². The van der Waals surface area contributed by atoms with Crippen LogP contribution in [0.1, 0.15) is 25.3 Å². The van der Waals surface area contributed by atoms with Gasteiger partial charge in [-0.2, -0.15) is 0 Å². The van der Waals surface area contributed by atoms with Gasteiger partial charge in [-0.15, -0.1) is 0 Å². The largest absolute Gasteiger partial charge is 0.494 e. The molecule has 0 fully saturated rings. The molecule has 0 spiro atoms. The van der Waals surface area contributed by atoms with E-state index in [1.54, 1.807) is 6.07 Å². The first kappa shape index (κ1) is 15.4. The Hall–Kier alpha value is -1.62. The van der Waals surface area contributed by atoms with Gasteiger partial charge in [0.05, 0.1) is 19.6 Å². The molecular formula is C14H20FNO3. The van der Waals surface area contributed by atoms with E-state index < -0.39 is 11.9 Å². The normalized spacial score (nSPS) is 12.0. The number of halogens is 1. The molecule has 19 heavy (non-hydrogen) atoms. The van der Waals surface area contributed by atoms with E-state index in [-0.39, 0.29) is 18.1 Å². The highest BCUT2D eigenvalue weighted by atomic mass is 19.1. The third-order valence-corrected chi connectivity index (χ3v) is 2.85. The number of rotatable bonds is 7. The van der Waals surface area contributed by atoms with Gasteiger partial charge in [0.2, 0.25) is 5.91 Å². The maximum atomic E-state index is 13.4. The van der Waals surface area contributed by atoms with Crippen LogP contribution < -0.4 is 10.1 Å². The van der Waals surface area contributed by atoms with Crippen LogP contribution in [0.15, 0.2) is 18.2 Å². The predicted octanol–water partition coefficient (Wildman–Crippen LogP) is 1.65. The zero-order valence-corrected chi connectivity index (χ0v) is 11.3. The molecule has 1 atom stereocenters. The average molecular weight is 269 g/mol. The van der Waals surface area contributed by atoms with Crippen molar-refractivity contribution in [3.63, 3.8) is 0 Å². The van der Waals surface area contributed by atoms with E-state index in [4.69, 9.17) is 4.74 Å². The fourth-order valence-electron chi connectivity index (χ4n) is 1.65. The van der Waals surface area contributed by atoms with Crippen LogP contribution in [0.3, 0.4) is 0 Å². The molecule has 4 nitrogen and oxygen atoms in total. The van der Waals surface area contributed by atoms with Crippen molar-refractivity contribution >= 4 is 5.91 Å². The van der Waals surface area contributed by atoms with Crippen LogP contribution in [-0.4, -0.2) is 30.8 Å².